The van der Waals surface area contributed by atoms with Crippen molar-refractivity contribution in [2.75, 3.05) is 13.2 Å². The van der Waals surface area contributed by atoms with E-state index in [9.17, 15) is 0 Å². The Morgan fingerprint density at radius 2 is 2.00 bits per heavy atom. The minimum Gasteiger partial charge on any atom is -0.494 e. The molecule has 76 valence electrons. The number of hydrogen-bond donors (Lipinski definition) is 2. The molecule has 0 aliphatic heterocycles. The van der Waals surface area contributed by atoms with Crippen molar-refractivity contribution in [3.63, 3.8) is 0 Å². The minimum absolute atomic E-state index is 0.150. The third kappa shape index (κ3) is 3.18. The lowest BCUT2D eigenvalue weighted by Crippen LogP contribution is -2.00. The molecule has 1 rings (SSSR count). The van der Waals surface area contributed by atoms with Gasteiger partial charge in [-0.2, -0.15) is 0 Å². The Morgan fingerprint density at radius 3 is 2.50 bits per heavy atom. The molecular weight excluding hydrogens is 178 g/mol. The first-order chi connectivity index (χ1) is 6.74. The summed E-state index contributed by atoms with van der Waals surface area (Å²) >= 11 is 0. The third-order valence-corrected chi connectivity index (χ3v) is 1.86. The summed E-state index contributed by atoms with van der Waals surface area (Å²) < 4.78 is 5.35. The van der Waals surface area contributed by atoms with Crippen LogP contribution < -0.4 is 4.74 Å². The molecule has 0 spiro atoms. The molecule has 0 fully saturated rings. The van der Waals surface area contributed by atoms with E-state index in [4.69, 9.17) is 15.3 Å². The Balaban J connectivity index is 2.51. The van der Waals surface area contributed by atoms with Gasteiger partial charge in [-0.05, 0) is 36.8 Å². The van der Waals surface area contributed by atoms with Crippen molar-refractivity contribution in [2.24, 2.45) is 0 Å². The second-order valence-corrected chi connectivity index (χ2v) is 3.07. The van der Waals surface area contributed by atoms with E-state index in [-0.39, 0.29) is 6.61 Å². The molecule has 1 aromatic rings. The van der Waals surface area contributed by atoms with E-state index in [1.807, 2.05) is 24.3 Å². The van der Waals surface area contributed by atoms with Crippen LogP contribution in [0.4, 0.5) is 0 Å². The molecule has 0 amide bonds. The Kier molecular flexibility index (Phi) is 4.13. The molecule has 0 aliphatic carbocycles. The number of rotatable bonds is 5. The van der Waals surface area contributed by atoms with Gasteiger partial charge in [0.25, 0.3) is 0 Å². The zero-order valence-electron chi connectivity index (χ0n) is 8.29. The summed E-state index contributed by atoms with van der Waals surface area (Å²) in [5.41, 5.74) is 1.45. The zero-order chi connectivity index (χ0) is 10.4. The summed E-state index contributed by atoms with van der Waals surface area (Å²) in [6.07, 6.45) is 0.644. The molecule has 0 aromatic heterocycles. The van der Waals surface area contributed by atoms with E-state index in [0.717, 1.165) is 11.3 Å². The van der Waals surface area contributed by atoms with Crippen LogP contribution in [-0.4, -0.2) is 24.0 Å². The second-order valence-electron chi connectivity index (χ2n) is 3.07. The van der Waals surface area contributed by atoms with Crippen molar-refractivity contribution in [3.05, 3.63) is 29.8 Å². The predicted octanol–water partition coefficient (Wildman–Crippen LogP) is 1.84. The number of aliphatic hydroxyl groups is 1. The van der Waals surface area contributed by atoms with Crippen LogP contribution in [0.1, 0.15) is 18.9 Å². The average molecular weight is 193 g/mol. The van der Waals surface area contributed by atoms with Gasteiger partial charge in [0, 0.05) is 18.7 Å². The maximum absolute atomic E-state index is 8.55. The summed E-state index contributed by atoms with van der Waals surface area (Å²) in [4.78, 5) is 0. The zero-order valence-corrected chi connectivity index (χ0v) is 8.29. The highest BCUT2D eigenvalue weighted by Gasteiger charge is 1.96. The average Bonchev–Trinajstić information content (AvgIpc) is 2.19. The van der Waals surface area contributed by atoms with Gasteiger partial charge in [-0.15, -0.1) is 0 Å². The number of nitrogens with one attached hydrogen (secondary N) is 1. The van der Waals surface area contributed by atoms with Crippen LogP contribution in [0.25, 0.3) is 0 Å². The smallest absolute Gasteiger partial charge is 0.119 e. The van der Waals surface area contributed by atoms with Crippen molar-refractivity contribution < 1.29 is 9.84 Å². The monoisotopic (exact) mass is 193 g/mol. The van der Waals surface area contributed by atoms with E-state index in [2.05, 4.69) is 0 Å². The fraction of sp³-hybridized carbons (Fsp3) is 0.364. The van der Waals surface area contributed by atoms with Gasteiger partial charge in [0.2, 0.25) is 0 Å². The van der Waals surface area contributed by atoms with Crippen molar-refractivity contribution in [2.45, 2.75) is 13.3 Å². The number of ether oxygens (including phenoxy) is 1. The summed E-state index contributed by atoms with van der Waals surface area (Å²) in [7, 11) is 0. The van der Waals surface area contributed by atoms with Gasteiger partial charge in [0.15, 0.2) is 0 Å². The Bertz CT molecular complexity index is 293. The first-order valence-corrected chi connectivity index (χ1v) is 4.63. The topological polar surface area (TPSA) is 53.3 Å². The van der Waals surface area contributed by atoms with E-state index < -0.39 is 0 Å². The van der Waals surface area contributed by atoms with Crippen molar-refractivity contribution >= 4 is 5.71 Å². The molecule has 0 heterocycles. The quantitative estimate of drug-likeness (QED) is 0.553. The fourth-order valence-corrected chi connectivity index (χ4v) is 1.06. The van der Waals surface area contributed by atoms with Gasteiger partial charge >= 0.3 is 0 Å². The highest BCUT2D eigenvalue weighted by atomic mass is 16.5. The largest absolute Gasteiger partial charge is 0.494 e. The molecule has 1 aromatic carbocycles. The first kappa shape index (κ1) is 10.7. The maximum atomic E-state index is 8.55. The Hall–Kier alpha value is -1.35. The minimum atomic E-state index is 0.150. The van der Waals surface area contributed by atoms with E-state index in [0.29, 0.717) is 18.7 Å². The summed E-state index contributed by atoms with van der Waals surface area (Å²) in [6.45, 7) is 2.43. The Labute approximate surface area is 83.8 Å². The molecule has 3 nitrogen and oxygen atoms in total. The van der Waals surface area contributed by atoms with Gasteiger partial charge in [0.05, 0.1) is 6.61 Å². The SMILES string of the molecule is CC(=N)c1ccc(OCCCO)cc1. The van der Waals surface area contributed by atoms with E-state index in [1.165, 1.54) is 0 Å². The summed E-state index contributed by atoms with van der Waals surface area (Å²) in [5, 5.41) is 16.0. The summed E-state index contributed by atoms with van der Waals surface area (Å²) in [5.74, 6) is 0.781. The van der Waals surface area contributed by atoms with Crippen molar-refractivity contribution in [1.82, 2.24) is 0 Å². The van der Waals surface area contributed by atoms with Gasteiger partial charge < -0.3 is 15.3 Å². The van der Waals surface area contributed by atoms with Crippen LogP contribution in [0.2, 0.25) is 0 Å². The highest BCUT2D eigenvalue weighted by molar-refractivity contribution is 5.96. The fourth-order valence-electron chi connectivity index (χ4n) is 1.06. The number of benzene rings is 1. The van der Waals surface area contributed by atoms with Crippen LogP contribution in [0, 0.1) is 5.41 Å². The lowest BCUT2D eigenvalue weighted by Gasteiger charge is -2.05. The molecular formula is C11H15NO2. The molecule has 0 saturated heterocycles. The van der Waals surface area contributed by atoms with Gasteiger partial charge in [-0.3, -0.25) is 0 Å². The molecule has 0 bridgehead atoms. The lowest BCUT2D eigenvalue weighted by atomic mass is 10.1. The van der Waals surface area contributed by atoms with Crippen molar-refractivity contribution in [3.8, 4) is 5.75 Å². The Morgan fingerprint density at radius 1 is 1.36 bits per heavy atom. The van der Waals surface area contributed by atoms with Crippen LogP contribution in [-0.2, 0) is 0 Å². The molecule has 0 saturated carbocycles. The molecule has 0 radical (unpaired) electrons. The predicted molar refractivity (Wildman–Crippen MR) is 56.1 cm³/mol. The summed E-state index contributed by atoms with van der Waals surface area (Å²) in [6, 6.07) is 7.39. The number of hydrogen-bond acceptors (Lipinski definition) is 3. The van der Waals surface area contributed by atoms with Crippen LogP contribution in [0.3, 0.4) is 0 Å². The maximum Gasteiger partial charge on any atom is 0.119 e. The van der Waals surface area contributed by atoms with Gasteiger partial charge in [-0.25, -0.2) is 0 Å². The number of aliphatic hydroxyl groups excluding tert-OH is 1. The molecule has 3 heteroatoms. The normalized spacial score (nSPS) is 9.86. The van der Waals surface area contributed by atoms with Crippen LogP contribution in [0.15, 0.2) is 24.3 Å². The van der Waals surface area contributed by atoms with Gasteiger partial charge in [0.1, 0.15) is 5.75 Å². The standard InChI is InChI=1S/C11H15NO2/c1-9(12)10-3-5-11(6-4-10)14-8-2-7-13/h3-6,12-13H,2,7-8H2,1H3. The second kappa shape index (κ2) is 5.40. The molecule has 2 N–H and O–H groups in total. The molecule has 14 heavy (non-hydrogen) atoms. The van der Waals surface area contributed by atoms with Crippen LogP contribution in [0.5, 0.6) is 5.75 Å². The molecule has 0 aliphatic rings. The third-order valence-electron chi connectivity index (χ3n) is 1.86. The molecule has 0 unspecified atom stereocenters. The van der Waals surface area contributed by atoms with Crippen LogP contribution >= 0.6 is 0 Å². The first-order valence-electron chi connectivity index (χ1n) is 4.63. The highest BCUT2D eigenvalue weighted by Crippen LogP contribution is 2.12. The van der Waals surface area contributed by atoms with Gasteiger partial charge in [-0.1, -0.05) is 0 Å². The lowest BCUT2D eigenvalue weighted by molar-refractivity contribution is 0.233. The van der Waals surface area contributed by atoms with E-state index in [1.54, 1.807) is 6.92 Å². The molecule has 0 atom stereocenters. The van der Waals surface area contributed by atoms with E-state index >= 15 is 0 Å². The van der Waals surface area contributed by atoms with Crippen molar-refractivity contribution in [1.29, 1.82) is 5.41 Å².